The Kier molecular flexibility index (Phi) is 3.02. The Labute approximate surface area is 75.6 Å². The number of amides is 1. The fourth-order valence-electron chi connectivity index (χ4n) is 0.731. The SMILES string of the molecule is CNC(=O)CNc1ccnc(N)n1. The van der Waals surface area contributed by atoms with Crippen LogP contribution in [0.2, 0.25) is 0 Å². The van der Waals surface area contributed by atoms with Crippen molar-refractivity contribution in [2.24, 2.45) is 0 Å². The van der Waals surface area contributed by atoms with E-state index in [1.165, 1.54) is 6.20 Å². The molecule has 0 radical (unpaired) electrons. The van der Waals surface area contributed by atoms with E-state index in [-0.39, 0.29) is 18.4 Å². The molecular formula is C7H11N5O. The zero-order valence-electron chi connectivity index (χ0n) is 7.24. The van der Waals surface area contributed by atoms with Gasteiger partial charge in [0.1, 0.15) is 5.82 Å². The smallest absolute Gasteiger partial charge is 0.239 e. The van der Waals surface area contributed by atoms with Crippen LogP contribution in [0, 0.1) is 0 Å². The topological polar surface area (TPSA) is 92.9 Å². The molecule has 0 aliphatic carbocycles. The first kappa shape index (κ1) is 9.24. The van der Waals surface area contributed by atoms with E-state index >= 15 is 0 Å². The lowest BCUT2D eigenvalue weighted by Gasteiger charge is -2.03. The van der Waals surface area contributed by atoms with Crippen LogP contribution < -0.4 is 16.4 Å². The molecule has 1 aromatic rings. The molecule has 0 saturated carbocycles. The van der Waals surface area contributed by atoms with Crippen LogP contribution in [0.3, 0.4) is 0 Å². The van der Waals surface area contributed by atoms with Gasteiger partial charge in [-0.3, -0.25) is 4.79 Å². The molecule has 6 heteroatoms. The van der Waals surface area contributed by atoms with Crippen LogP contribution >= 0.6 is 0 Å². The van der Waals surface area contributed by atoms with Crippen molar-refractivity contribution in [2.75, 3.05) is 24.6 Å². The molecule has 0 aliphatic heterocycles. The maximum absolute atomic E-state index is 10.8. The maximum Gasteiger partial charge on any atom is 0.239 e. The highest BCUT2D eigenvalue weighted by Crippen LogP contribution is 2.01. The Hall–Kier alpha value is -1.85. The van der Waals surface area contributed by atoms with Gasteiger partial charge in [0.05, 0.1) is 6.54 Å². The molecule has 0 bridgehead atoms. The maximum atomic E-state index is 10.8. The van der Waals surface area contributed by atoms with Crippen molar-refractivity contribution in [3.05, 3.63) is 12.3 Å². The van der Waals surface area contributed by atoms with Gasteiger partial charge in [0.25, 0.3) is 0 Å². The first-order valence-electron chi connectivity index (χ1n) is 3.75. The van der Waals surface area contributed by atoms with E-state index in [4.69, 9.17) is 5.73 Å². The Morgan fingerprint density at radius 3 is 3.08 bits per heavy atom. The van der Waals surface area contributed by atoms with E-state index in [1.807, 2.05) is 0 Å². The van der Waals surface area contributed by atoms with Gasteiger partial charge in [0, 0.05) is 13.2 Å². The lowest BCUT2D eigenvalue weighted by atomic mass is 10.5. The van der Waals surface area contributed by atoms with E-state index in [9.17, 15) is 4.79 Å². The monoisotopic (exact) mass is 181 g/mol. The third-order valence-corrected chi connectivity index (χ3v) is 1.38. The zero-order valence-corrected chi connectivity index (χ0v) is 7.24. The standard InChI is InChI=1S/C7H11N5O/c1-9-6(13)4-11-5-2-3-10-7(8)12-5/h2-3H,4H2,1H3,(H,9,13)(H3,8,10,11,12). The average molecular weight is 181 g/mol. The second-order valence-corrected chi connectivity index (χ2v) is 2.33. The number of nitrogens with zero attached hydrogens (tertiary/aromatic N) is 2. The number of nitrogens with two attached hydrogens (primary N) is 1. The normalized spacial score (nSPS) is 9.31. The minimum Gasteiger partial charge on any atom is -0.368 e. The molecule has 1 amide bonds. The van der Waals surface area contributed by atoms with Crippen molar-refractivity contribution in [1.29, 1.82) is 0 Å². The molecule has 0 unspecified atom stereocenters. The van der Waals surface area contributed by atoms with Crippen LogP contribution in [-0.4, -0.2) is 29.5 Å². The molecule has 0 aromatic carbocycles. The van der Waals surface area contributed by atoms with E-state index in [1.54, 1.807) is 13.1 Å². The lowest BCUT2D eigenvalue weighted by Crippen LogP contribution is -2.26. The number of hydrogen-bond acceptors (Lipinski definition) is 5. The summed E-state index contributed by atoms with van der Waals surface area (Å²) in [6.45, 7) is 0.174. The van der Waals surface area contributed by atoms with Crippen molar-refractivity contribution in [2.45, 2.75) is 0 Å². The Balaban J connectivity index is 2.50. The van der Waals surface area contributed by atoms with Crippen LogP contribution in [0.25, 0.3) is 0 Å². The predicted octanol–water partition coefficient (Wildman–Crippen LogP) is -0.783. The second-order valence-electron chi connectivity index (χ2n) is 2.33. The number of aromatic nitrogens is 2. The van der Waals surface area contributed by atoms with Gasteiger partial charge in [-0.2, -0.15) is 4.98 Å². The molecule has 0 atom stereocenters. The van der Waals surface area contributed by atoms with Crippen LogP contribution in [0.4, 0.5) is 11.8 Å². The molecule has 4 N–H and O–H groups in total. The lowest BCUT2D eigenvalue weighted by molar-refractivity contribution is -0.118. The highest BCUT2D eigenvalue weighted by atomic mass is 16.1. The molecular weight excluding hydrogens is 170 g/mol. The summed E-state index contributed by atoms with van der Waals surface area (Å²) in [5, 5.41) is 5.27. The number of nitrogens with one attached hydrogen (secondary N) is 2. The van der Waals surface area contributed by atoms with Gasteiger partial charge in [0.2, 0.25) is 11.9 Å². The minimum absolute atomic E-state index is 0.114. The number of carbonyl (C=O) groups is 1. The van der Waals surface area contributed by atoms with Crippen LogP contribution in [0.5, 0.6) is 0 Å². The van der Waals surface area contributed by atoms with Crippen LogP contribution in [0.1, 0.15) is 0 Å². The molecule has 1 aromatic heterocycles. The molecule has 0 saturated heterocycles. The van der Waals surface area contributed by atoms with Crippen molar-refractivity contribution in [3.8, 4) is 0 Å². The number of likely N-dealkylation sites (N-methyl/N-ethyl adjacent to an activating group) is 1. The summed E-state index contributed by atoms with van der Waals surface area (Å²) < 4.78 is 0. The summed E-state index contributed by atoms with van der Waals surface area (Å²) in [4.78, 5) is 18.4. The summed E-state index contributed by atoms with van der Waals surface area (Å²) in [6.07, 6.45) is 1.52. The van der Waals surface area contributed by atoms with Gasteiger partial charge in [-0.25, -0.2) is 4.98 Å². The van der Waals surface area contributed by atoms with Crippen molar-refractivity contribution in [1.82, 2.24) is 15.3 Å². The molecule has 13 heavy (non-hydrogen) atoms. The van der Waals surface area contributed by atoms with Crippen molar-refractivity contribution in [3.63, 3.8) is 0 Å². The van der Waals surface area contributed by atoms with Gasteiger partial charge < -0.3 is 16.4 Å². The predicted molar refractivity (Wildman–Crippen MR) is 49.0 cm³/mol. The second kappa shape index (κ2) is 4.24. The quantitative estimate of drug-likeness (QED) is 0.568. The third-order valence-electron chi connectivity index (χ3n) is 1.38. The third kappa shape index (κ3) is 2.94. The minimum atomic E-state index is -0.114. The molecule has 0 spiro atoms. The first-order valence-corrected chi connectivity index (χ1v) is 3.75. The number of carbonyl (C=O) groups excluding carboxylic acids is 1. The Morgan fingerprint density at radius 2 is 2.46 bits per heavy atom. The van der Waals surface area contributed by atoms with E-state index in [0.29, 0.717) is 5.82 Å². The number of hydrogen-bond donors (Lipinski definition) is 3. The summed E-state index contributed by atoms with van der Waals surface area (Å²) >= 11 is 0. The fraction of sp³-hybridized carbons (Fsp3) is 0.286. The molecule has 0 aliphatic rings. The van der Waals surface area contributed by atoms with E-state index in [2.05, 4.69) is 20.6 Å². The fourth-order valence-corrected chi connectivity index (χ4v) is 0.731. The van der Waals surface area contributed by atoms with Gasteiger partial charge in [-0.05, 0) is 6.07 Å². The first-order chi connectivity index (χ1) is 6.22. The Morgan fingerprint density at radius 1 is 1.69 bits per heavy atom. The van der Waals surface area contributed by atoms with Gasteiger partial charge >= 0.3 is 0 Å². The molecule has 70 valence electrons. The summed E-state index contributed by atoms with van der Waals surface area (Å²) in [7, 11) is 1.57. The van der Waals surface area contributed by atoms with Crippen LogP contribution in [-0.2, 0) is 4.79 Å². The van der Waals surface area contributed by atoms with Crippen LogP contribution in [0.15, 0.2) is 12.3 Å². The summed E-state index contributed by atoms with van der Waals surface area (Å²) in [6, 6.07) is 1.64. The summed E-state index contributed by atoms with van der Waals surface area (Å²) in [5.41, 5.74) is 5.33. The Bertz CT molecular complexity index is 301. The molecule has 1 heterocycles. The number of rotatable bonds is 3. The summed E-state index contributed by atoms with van der Waals surface area (Å²) in [5.74, 6) is 0.607. The van der Waals surface area contributed by atoms with Gasteiger partial charge in [0.15, 0.2) is 0 Å². The van der Waals surface area contributed by atoms with Crippen molar-refractivity contribution < 1.29 is 4.79 Å². The van der Waals surface area contributed by atoms with Gasteiger partial charge in [-0.15, -0.1) is 0 Å². The van der Waals surface area contributed by atoms with E-state index in [0.717, 1.165) is 0 Å². The highest BCUT2D eigenvalue weighted by Gasteiger charge is 1.98. The van der Waals surface area contributed by atoms with E-state index < -0.39 is 0 Å². The van der Waals surface area contributed by atoms with Crippen molar-refractivity contribution >= 4 is 17.7 Å². The molecule has 1 rings (SSSR count). The van der Waals surface area contributed by atoms with Gasteiger partial charge in [-0.1, -0.05) is 0 Å². The highest BCUT2D eigenvalue weighted by molar-refractivity contribution is 5.80. The molecule has 6 nitrogen and oxygen atoms in total. The average Bonchev–Trinajstić information content (AvgIpc) is 2.14. The number of nitrogen functional groups attached to an aromatic ring is 1. The number of anilines is 2. The zero-order chi connectivity index (χ0) is 9.68. The largest absolute Gasteiger partial charge is 0.368 e. The molecule has 0 fully saturated rings.